The quantitative estimate of drug-likeness (QED) is 0.713. The molecule has 2 rings (SSSR count). The van der Waals surface area contributed by atoms with Gasteiger partial charge in [-0.2, -0.15) is 0 Å². The van der Waals surface area contributed by atoms with Gasteiger partial charge in [-0.25, -0.2) is 4.79 Å². The molecule has 1 heterocycles. The minimum atomic E-state index is -3.32. The molecule has 1 aromatic heterocycles. The molecular formula is C14H17N4O5P. The first kappa shape index (κ1) is 18.1. The Morgan fingerprint density at radius 3 is 2.04 bits per heavy atom. The van der Waals surface area contributed by atoms with Crippen LogP contribution in [0.25, 0.3) is 11.4 Å². The van der Waals surface area contributed by atoms with Crippen molar-refractivity contribution < 1.29 is 23.5 Å². The van der Waals surface area contributed by atoms with Gasteiger partial charge in [-0.1, -0.05) is 12.1 Å². The van der Waals surface area contributed by atoms with E-state index in [9.17, 15) is 9.36 Å². The van der Waals surface area contributed by atoms with Gasteiger partial charge in [0.1, 0.15) is 6.16 Å². The van der Waals surface area contributed by atoms with Crippen LogP contribution in [0.3, 0.4) is 0 Å². The Kier molecular flexibility index (Phi) is 6.08. The smallest absolute Gasteiger partial charge is 0.338 e. The van der Waals surface area contributed by atoms with E-state index in [0.29, 0.717) is 5.56 Å². The summed E-state index contributed by atoms with van der Waals surface area (Å²) in [6.07, 6.45) is -0.118. The monoisotopic (exact) mass is 352 g/mol. The Morgan fingerprint density at radius 2 is 1.58 bits per heavy atom. The van der Waals surface area contributed by atoms with Crippen LogP contribution in [0.2, 0.25) is 0 Å². The van der Waals surface area contributed by atoms with Gasteiger partial charge < -0.3 is 14.2 Å². The van der Waals surface area contributed by atoms with E-state index in [0.717, 1.165) is 0 Å². The maximum Gasteiger partial charge on any atom is 0.338 e. The number of nitrogens with zero attached hydrogens (tertiary/aromatic N) is 4. The predicted molar refractivity (Wildman–Crippen MR) is 84.6 cm³/mol. The summed E-state index contributed by atoms with van der Waals surface area (Å²) in [5, 5.41) is 24.5. The lowest BCUT2D eigenvalue weighted by Crippen LogP contribution is -2.06. The van der Waals surface area contributed by atoms with Crippen molar-refractivity contribution in [3.05, 3.63) is 35.7 Å². The van der Waals surface area contributed by atoms with Gasteiger partial charge in [0.05, 0.1) is 18.8 Å². The van der Waals surface area contributed by atoms with E-state index in [1.807, 2.05) is 0 Å². The van der Waals surface area contributed by atoms with Gasteiger partial charge in [0, 0.05) is 5.56 Å². The standard InChI is InChI=1S/C14H17N4O5P/c1-3-22-24(21,23-4-2)9-12-15-17-13(18-16-12)10-5-7-11(8-6-10)14(19)20/h5-8H,3-4,9H2,1-2H3,(H,19,20). The number of aromatic nitrogens is 4. The van der Waals surface area contributed by atoms with Gasteiger partial charge in [-0.15, -0.1) is 20.4 Å². The minimum absolute atomic E-state index is 0.118. The van der Waals surface area contributed by atoms with Crippen LogP contribution in [0.15, 0.2) is 24.3 Å². The largest absolute Gasteiger partial charge is 0.478 e. The summed E-state index contributed by atoms with van der Waals surface area (Å²) in [6, 6.07) is 6.00. The highest BCUT2D eigenvalue weighted by Crippen LogP contribution is 2.50. The van der Waals surface area contributed by atoms with Gasteiger partial charge in [0.25, 0.3) is 0 Å². The van der Waals surface area contributed by atoms with E-state index in [4.69, 9.17) is 14.2 Å². The molecule has 0 atom stereocenters. The van der Waals surface area contributed by atoms with E-state index in [1.54, 1.807) is 26.0 Å². The summed E-state index contributed by atoms with van der Waals surface area (Å²) in [5.74, 6) is -0.638. The zero-order chi connectivity index (χ0) is 17.6. The highest BCUT2D eigenvalue weighted by molar-refractivity contribution is 7.53. The van der Waals surface area contributed by atoms with Crippen molar-refractivity contribution in [2.45, 2.75) is 20.0 Å². The fraction of sp³-hybridized carbons (Fsp3) is 0.357. The second-order valence-corrected chi connectivity index (χ2v) is 6.68. The van der Waals surface area contributed by atoms with E-state index >= 15 is 0 Å². The Hall–Kier alpha value is -2.22. The van der Waals surface area contributed by atoms with Crippen molar-refractivity contribution in [1.29, 1.82) is 0 Å². The molecule has 2 aromatic rings. The third-order valence-electron chi connectivity index (χ3n) is 2.90. The molecule has 0 bridgehead atoms. The van der Waals surface area contributed by atoms with Crippen LogP contribution in [-0.2, 0) is 19.8 Å². The highest BCUT2D eigenvalue weighted by atomic mass is 31.2. The molecule has 1 aromatic carbocycles. The third-order valence-corrected chi connectivity index (χ3v) is 4.87. The summed E-state index contributed by atoms with van der Waals surface area (Å²) >= 11 is 0. The van der Waals surface area contributed by atoms with Crippen LogP contribution in [0, 0.1) is 0 Å². The fourth-order valence-electron chi connectivity index (χ4n) is 1.89. The van der Waals surface area contributed by atoms with Gasteiger partial charge in [0.2, 0.25) is 5.82 Å². The van der Waals surface area contributed by atoms with Crippen LogP contribution in [0.4, 0.5) is 0 Å². The van der Waals surface area contributed by atoms with Crippen molar-refractivity contribution in [1.82, 2.24) is 20.4 Å². The molecule has 0 spiro atoms. The second kappa shape index (κ2) is 8.05. The number of aromatic carboxylic acids is 1. The minimum Gasteiger partial charge on any atom is -0.478 e. The van der Waals surface area contributed by atoms with Crippen molar-refractivity contribution in [2.75, 3.05) is 13.2 Å². The Bertz CT molecular complexity index is 726. The van der Waals surface area contributed by atoms with Gasteiger partial charge >= 0.3 is 13.6 Å². The summed E-state index contributed by atoms with van der Waals surface area (Å²) in [5.41, 5.74) is 0.731. The number of rotatable bonds is 8. The fourth-order valence-corrected chi connectivity index (χ4v) is 3.40. The van der Waals surface area contributed by atoms with Crippen molar-refractivity contribution in [3.63, 3.8) is 0 Å². The predicted octanol–water partition coefficient (Wildman–Crippen LogP) is 2.40. The van der Waals surface area contributed by atoms with E-state index in [-0.39, 0.29) is 36.6 Å². The molecule has 10 heteroatoms. The number of benzene rings is 1. The van der Waals surface area contributed by atoms with Crippen LogP contribution in [-0.4, -0.2) is 44.7 Å². The first-order chi connectivity index (χ1) is 11.5. The second-order valence-electron chi connectivity index (χ2n) is 4.63. The third kappa shape index (κ3) is 4.64. The molecule has 0 aliphatic rings. The topological polar surface area (TPSA) is 124 Å². The SMILES string of the molecule is CCOP(=O)(Cc1nnc(-c2ccc(C(=O)O)cc2)nn1)OCC. The molecule has 0 amide bonds. The number of carboxylic acids is 1. The Balaban J connectivity index is 2.15. The van der Waals surface area contributed by atoms with E-state index in [1.165, 1.54) is 12.1 Å². The van der Waals surface area contributed by atoms with Crippen molar-refractivity contribution in [3.8, 4) is 11.4 Å². The molecule has 0 aliphatic heterocycles. The number of hydrogen-bond acceptors (Lipinski definition) is 8. The lowest BCUT2D eigenvalue weighted by atomic mass is 10.1. The highest BCUT2D eigenvalue weighted by Gasteiger charge is 2.26. The molecule has 0 fully saturated rings. The number of carboxylic acid groups (broad SMARTS) is 1. The summed E-state index contributed by atoms with van der Waals surface area (Å²) < 4.78 is 22.7. The zero-order valence-electron chi connectivity index (χ0n) is 13.2. The van der Waals surface area contributed by atoms with Crippen LogP contribution in [0.5, 0.6) is 0 Å². The molecule has 0 aliphatic carbocycles. The van der Waals surface area contributed by atoms with Gasteiger partial charge in [0.15, 0.2) is 5.82 Å². The maximum absolute atomic E-state index is 12.4. The van der Waals surface area contributed by atoms with E-state index in [2.05, 4.69) is 20.4 Å². The van der Waals surface area contributed by atoms with Gasteiger partial charge in [-0.3, -0.25) is 4.57 Å². The molecular weight excluding hydrogens is 335 g/mol. The molecule has 0 saturated carbocycles. The number of hydrogen-bond donors (Lipinski definition) is 1. The van der Waals surface area contributed by atoms with Crippen LogP contribution < -0.4 is 0 Å². The summed E-state index contributed by atoms with van der Waals surface area (Å²) in [6.45, 7) is 3.91. The van der Waals surface area contributed by atoms with Gasteiger partial charge in [-0.05, 0) is 26.0 Å². The first-order valence-corrected chi connectivity index (χ1v) is 8.98. The molecule has 9 nitrogen and oxygen atoms in total. The zero-order valence-corrected chi connectivity index (χ0v) is 14.1. The normalized spacial score (nSPS) is 11.4. The molecule has 128 valence electrons. The molecule has 0 unspecified atom stereocenters. The Morgan fingerprint density at radius 1 is 1.04 bits per heavy atom. The molecule has 24 heavy (non-hydrogen) atoms. The van der Waals surface area contributed by atoms with Crippen molar-refractivity contribution in [2.24, 2.45) is 0 Å². The average molecular weight is 352 g/mol. The first-order valence-electron chi connectivity index (χ1n) is 7.25. The lowest BCUT2D eigenvalue weighted by molar-refractivity contribution is 0.0697. The van der Waals surface area contributed by atoms with Crippen LogP contribution >= 0.6 is 7.60 Å². The van der Waals surface area contributed by atoms with Crippen LogP contribution in [0.1, 0.15) is 30.0 Å². The van der Waals surface area contributed by atoms with E-state index < -0.39 is 13.6 Å². The number of carbonyl (C=O) groups is 1. The molecule has 0 radical (unpaired) electrons. The molecule has 0 saturated heterocycles. The Labute approximate surface area is 138 Å². The summed E-state index contributed by atoms with van der Waals surface area (Å²) in [4.78, 5) is 10.8. The lowest BCUT2D eigenvalue weighted by Gasteiger charge is -2.15. The maximum atomic E-state index is 12.4. The summed E-state index contributed by atoms with van der Waals surface area (Å²) in [7, 11) is -3.32. The molecule has 1 N–H and O–H groups in total. The van der Waals surface area contributed by atoms with Crippen molar-refractivity contribution >= 4 is 13.6 Å². The average Bonchev–Trinajstić information content (AvgIpc) is 2.56.